The second kappa shape index (κ2) is 11.4. The zero-order valence-corrected chi connectivity index (χ0v) is 22.7. The van der Waals surface area contributed by atoms with E-state index in [1.165, 1.54) is 5.56 Å². The van der Waals surface area contributed by atoms with Gasteiger partial charge in [-0.1, -0.05) is 75.3 Å². The van der Waals surface area contributed by atoms with Crippen LogP contribution in [-0.4, -0.2) is 36.5 Å². The van der Waals surface area contributed by atoms with Gasteiger partial charge in [-0.05, 0) is 60.9 Å². The summed E-state index contributed by atoms with van der Waals surface area (Å²) in [6, 6.07) is 5.89. The molecule has 0 aliphatic rings. The van der Waals surface area contributed by atoms with Gasteiger partial charge in [0.15, 0.2) is 0 Å². The number of likely N-dealkylation sites (N-methyl/N-ethyl adjacent to an activating group) is 1. The number of fused-ring (bicyclic) bond motifs is 1. The molecule has 3 atom stereocenters. The van der Waals surface area contributed by atoms with E-state index in [0.29, 0.717) is 17.6 Å². The molecule has 0 saturated carbocycles. The van der Waals surface area contributed by atoms with Crippen LogP contribution in [0.15, 0.2) is 24.4 Å². The third kappa shape index (κ3) is 6.60. The van der Waals surface area contributed by atoms with Crippen molar-refractivity contribution in [3.8, 4) is 5.75 Å². The van der Waals surface area contributed by atoms with Gasteiger partial charge in [0, 0.05) is 23.6 Å². The topological polar surface area (TPSA) is 45.3 Å². The Bertz CT molecular complexity index is 858. The van der Waals surface area contributed by atoms with Crippen LogP contribution in [0.5, 0.6) is 5.75 Å². The number of hydrogen-bond acceptors (Lipinski definition) is 3. The lowest BCUT2D eigenvalue weighted by molar-refractivity contribution is -0.144. The van der Waals surface area contributed by atoms with Gasteiger partial charge < -0.3 is 14.6 Å². The predicted octanol–water partition coefficient (Wildman–Crippen LogP) is 7.18. The van der Waals surface area contributed by atoms with Gasteiger partial charge in [-0.2, -0.15) is 0 Å². The number of rotatable bonds is 8. The SMILES string of the molecule is CC.CC(C(C)C(C)(C)C(C)C(=O)Oc1cccc2[nH]cc(CCN(C)C)c12)C(C)(C)C. The lowest BCUT2D eigenvalue weighted by atomic mass is 9.61. The fourth-order valence-corrected chi connectivity index (χ4v) is 4.14. The summed E-state index contributed by atoms with van der Waals surface area (Å²) in [5, 5.41) is 1.02. The maximum absolute atomic E-state index is 13.2. The molecule has 4 nitrogen and oxygen atoms in total. The zero-order chi connectivity index (χ0) is 24.9. The molecule has 0 saturated heterocycles. The van der Waals surface area contributed by atoms with Gasteiger partial charge in [0.25, 0.3) is 0 Å². The molecule has 0 aliphatic heterocycles. The first-order valence-corrected chi connectivity index (χ1v) is 12.2. The number of carbonyl (C=O) groups is 1. The Labute approximate surface area is 197 Å². The van der Waals surface area contributed by atoms with E-state index in [2.05, 4.69) is 72.4 Å². The third-order valence-electron chi connectivity index (χ3n) is 7.55. The maximum atomic E-state index is 13.2. The minimum Gasteiger partial charge on any atom is -0.426 e. The van der Waals surface area contributed by atoms with Gasteiger partial charge in [0.2, 0.25) is 0 Å². The molecule has 182 valence electrons. The Morgan fingerprint density at radius 2 is 1.62 bits per heavy atom. The minimum atomic E-state index is -0.211. The first-order valence-electron chi connectivity index (χ1n) is 12.2. The van der Waals surface area contributed by atoms with Crippen LogP contribution in [-0.2, 0) is 11.2 Å². The molecular weight excluding hydrogens is 396 g/mol. The summed E-state index contributed by atoms with van der Waals surface area (Å²) in [5.74, 6) is 1.15. The molecule has 2 rings (SSSR count). The molecule has 1 heterocycles. The number of H-pyrrole nitrogens is 1. The van der Waals surface area contributed by atoms with E-state index in [4.69, 9.17) is 4.74 Å². The zero-order valence-electron chi connectivity index (χ0n) is 22.7. The van der Waals surface area contributed by atoms with Crippen LogP contribution >= 0.6 is 0 Å². The molecule has 0 fully saturated rings. The molecule has 0 radical (unpaired) electrons. The van der Waals surface area contributed by atoms with E-state index >= 15 is 0 Å². The normalized spacial score (nSPS) is 15.2. The quantitative estimate of drug-likeness (QED) is 0.346. The Balaban J connectivity index is 0.00000249. The van der Waals surface area contributed by atoms with Crippen molar-refractivity contribution in [1.29, 1.82) is 0 Å². The van der Waals surface area contributed by atoms with Crippen LogP contribution in [0.1, 0.15) is 74.8 Å². The molecule has 0 bridgehead atoms. The van der Waals surface area contributed by atoms with Crippen LogP contribution in [0.2, 0.25) is 0 Å². The molecule has 32 heavy (non-hydrogen) atoms. The van der Waals surface area contributed by atoms with Crippen molar-refractivity contribution in [3.05, 3.63) is 30.0 Å². The van der Waals surface area contributed by atoms with Crippen LogP contribution in [0, 0.1) is 28.6 Å². The molecule has 1 aromatic carbocycles. The predicted molar refractivity (Wildman–Crippen MR) is 138 cm³/mol. The molecule has 0 spiro atoms. The summed E-state index contributed by atoms with van der Waals surface area (Å²) in [6.45, 7) is 22.7. The highest BCUT2D eigenvalue weighted by Gasteiger charge is 2.42. The monoisotopic (exact) mass is 444 g/mol. The third-order valence-corrected chi connectivity index (χ3v) is 7.55. The van der Waals surface area contributed by atoms with Crippen molar-refractivity contribution in [2.24, 2.45) is 28.6 Å². The Hall–Kier alpha value is -1.81. The summed E-state index contributed by atoms with van der Waals surface area (Å²) < 4.78 is 6.02. The number of carbonyl (C=O) groups excluding carboxylic acids is 1. The van der Waals surface area contributed by atoms with Crippen molar-refractivity contribution >= 4 is 16.9 Å². The second-order valence-corrected chi connectivity index (χ2v) is 11.0. The molecular formula is C28H48N2O2. The van der Waals surface area contributed by atoms with Gasteiger partial charge in [-0.3, -0.25) is 4.79 Å². The van der Waals surface area contributed by atoms with Crippen LogP contribution < -0.4 is 4.74 Å². The van der Waals surface area contributed by atoms with Crippen molar-refractivity contribution < 1.29 is 9.53 Å². The van der Waals surface area contributed by atoms with Crippen LogP contribution in [0.25, 0.3) is 10.9 Å². The van der Waals surface area contributed by atoms with E-state index in [1.54, 1.807) is 0 Å². The van der Waals surface area contributed by atoms with Crippen molar-refractivity contribution in [2.45, 2.75) is 75.7 Å². The molecule has 3 unspecified atom stereocenters. The summed E-state index contributed by atoms with van der Waals surface area (Å²) in [5.41, 5.74) is 2.21. The fraction of sp³-hybridized carbons (Fsp3) is 0.679. The summed E-state index contributed by atoms with van der Waals surface area (Å²) in [4.78, 5) is 18.7. The van der Waals surface area contributed by atoms with Gasteiger partial charge in [0.1, 0.15) is 5.75 Å². The number of hydrogen-bond donors (Lipinski definition) is 1. The molecule has 2 aromatic rings. The number of nitrogens with one attached hydrogen (secondary N) is 1. The highest BCUT2D eigenvalue weighted by molar-refractivity contribution is 5.91. The molecule has 4 heteroatoms. The van der Waals surface area contributed by atoms with E-state index in [-0.39, 0.29) is 22.7 Å². The van der Waals surface area contributed by atoms with Crippen molar-refractivity contribution in [1.82, 2.24) is 9.88 Å². The number of ether oxygens (including phenoxy) is 1. The minimum absolute atomic E-state index is 0.153. The van der Waals surface area contributed by atoms with Gasteiger partial charge in [-0.25, -0.2) is 0 Å². The number of nitrogens with zero attached hydrogens (tertiary/aromatic N) is 1. The Kier molecular flexibility index (Phi) is 10.0. The highest BCUT2D eigenvalue weighted by Crippen LogP contribution is 2.45. The van der Waals surface area contributed by atoms with Gasteiger partial charge in [-0.15, -0.1) is 0 Å². The van der Waals surface area contributed by atoms with E-state index in [0.717, 1.165) is 23.9 Å². The second-order valence-electron chi connectivity index (χ2n) is 11.0. The average molecular weight is 445 g/mol. The summed E-state index contributed by atoms with van der Waals surface area (Å²) in [6.07, 6.45) is 2.94. The maximum Gasteiger partial charge on any atom is 0.314 e. The first-order chi connectivity index (χ1) is 14.8. The molecule has 1 aromatic heterocycles. The summed E-state index contributed by atoms with van der Waals surface area (Å²) >= 11 is 0. The lowest BCUT2D eigenvalue weighted by Gasteiger charge is -2.44. The fourth-order valence-electron chi connectivity index (χ4n) is 4.14. The van der Waals surface area contributed by atoms with E-state index in [9.17, 15) is 4.79 Å². The number of benzene rings is 1. The Morgan fingerprint density at radius 1 is 1.03 bits per heavy atom. The van der Waals surface area contributed by atoms with E-state index < -0.39 is 0 Å². The van der Waals surface area contributed by atoms with Crippen LogP contribution in [0.4, 0.5) is 0 Å². The molecule has 0 aliphatic carbocycles. The van der Waals surface area contributed by atoms with Crippen molar-refractivity contribution in [2.75, 3.05) is 20.6 Å². The first kappa shape index (κ1) is 28.2. The van der Waals surface area contributed by atoms with Crippen molar-refractivity contribution in [3.63, 3.8) is 0 Å². The number of esters is 1. The van der Waals surface area contributed by atoms with Gasteiger partial charge >= 0.3 is 5.97 Å². The lowest BCUT2D eigenvalue weighted by Crippen LogP contribution is -2.41. The Morgan fingerprint density at radius 3 is 2.16 bits per heavy atom. The standard InChI is InChI=1S/C26H42N2O2.C2H6/c1-17(25(4,5)6)18(2)26(7,8)19(3)24(29)30-22-13-11-12-21-23(22)20(16-27-21)14-15-28(9)10;1-2/h11-13,16-19,27H,14-15H2,1-10H3;1-2H3. The molecule has 0 amide bonds. The average Bonchev–Trinajstić information content (AvgIpc) is 3.15. The highest BCUT2D eigenvalue weighted by atomic mass is 16.5. The van der Waals surface area contributed by atoms with Crippen LogP contribution in [0.3, 0.4) is 0 Å². The number of aromatic amines is 1. The number of aromatic nitrogens is 1. The summed E-state index contributed by atoms with van der Waals surface area (Å²) in [7, 11) is 4.14. The molecule has 1 N–H and O–H groups in total. The largest absolute Gasteiger partial charge is 0.426 e. The smallest absolute Gasteiger partial charge is 0.314 e. The van der Waals surface area contributed by atoms with E-state index in [1.807, 2.05) is 45.2 Å². The van der Waals surface area contributed by atoms with Gasteiger partial charge in [0.05, 0.1) is 5.92 Å².